The molecule has 0 aliphatic carbocycles. The molecule has 7 heteroatoms. The fourth-order valence-electron chi connectivity index (χ4n) is 5.44. The third kappa shape index (κ3) is 4.41. The molecule has 0 atom stereocenters. The zero-order valence-electron chi connectivity index (χ0n) is 21.3. The second-order valence-corrected chi connectivity index (χ2v) is 10.6. The van der Waals surface area contributed by atoms with Gasteiger partial charge in [-0.25, -0.2) is 4.79 Å². The Morgan fingerprint density at radius 2 is 1.79 bits per heavy atom. The number of benzene rings is 1. The molecule has 2 N–H and O–H groups in total. The molecule has 0 spiro atoms. The van der Waals surface area contributed by atoms with E-state index in [1.165, 1.54) is 5.56 Å². The summed E-state index contributed by atoms with van der Waals surface area (Å²) in [6.07, 6.45) is 1.85. The first kappa shape index (κ1) is 24.2. The lowest BCUT2D eigenvalue weighted by atomic mass is 9.91. The van der Waals surface area contributed by atoms with Crippen LogP contribution in [-0.4, -0.2) is 59.4 Å². The first-order chi connectivity index (χ1) is 16.0. The predicted octanol–water partition coefficient (Wildman–Crippen LogP) is 3.92. The molecule has 0 bridgehead atoms. The van der Waals surface area contributed by atoms with Gasteiger partial charge in [-0.1, -0.05) is 19.9 Å². The van der Waals surface area contributed by atoms with E-state index >= 15 is 0 Å². The number of aromatic nitrogens is 1. The number of urea groups is 1. The molecule has 1 aromatic heterocycles. The minimum absolute atomic E-state index is 0.0828. The van der Waals surface area contributed by atoms with Gasteiger partial charge in [-0.3, -0.25) is 19.6 Å². The summed E-state index contributed by atoms with van der Waals surface area (Å²) in [7, 11) is 2.13. The highest BCUT2D eigenvalue weighted by Crippen LogP contribution is 2.40. The zero-order valence-corrected chi connectivity index (χ0v) is 21.3. The van der Waals surface area contributed by atoms with E-state index in [1.807, 2.05) is 47.9 Å². The standard InChI is InChI=1S/C27H37N5O2/c1-17-7-9-21(25(28)33)19(3)22(17)15-30(6)20-11-13-31(14-12-20)26(34)32-16-27(4,5)24-23(32)10-8-18(2)29-24/h7-10,20H,11-16H2,1-6H3,(H2,28,33). The number of piperidine rings is 1. The van der Waals surface area contributed by atoms with Crippen molar-refractivity contribution < 1.29 is 9.59 Å². The van der Waals surface area contributed by atoms with Gasteiger partial charge in [-0.05, 0) is 75.5 Å². The third-order valence-corrected chi connectivity index (χ3v) is 7.59. The Balaban J connectivity index is 1.41. The number of aryl methyl sites for hydroxylation is 2. The molecule has 34 heavy (non-hydrogen) atoms. The number of amides is 3. The maximum absolute atomic E-state index is 13.5. The van der Waals surface area contributed by atoms with Gasteiger partial charge in [0, 0.05) is 48.9 Å². The van der Waals surface area contributed by atoms with Crippen molar-refractivity contribution in [3.63, 3.8) is 0 Å². The number of likely N-dealkylation sites (tertiary alicyclic amines) is 1. The molecule has 0 unspecified atom stereocenters. The van der Waals surface area contributed by atoms with Crippen molar-refractivity contribution >= 4 is 17.6 Å². The van der Waals surface area contributed by atoms with E-state index in [-0.39, 0.29) is 17.4 Å². The van der Waals surface area contributed by atoms with Crippen molar-refractivity contribution in [2.45, 2.75) is 65.5 Å². The summed E-state index contributed by atoms with van der Waals surface area (Å²) in [6, 6.07) is 8.28. The minimum Gasteiger partial charge on any atom is -0.366 e. The largest absolute Gasteiger partial charge is 0.366 e. The van der Waals surface area contributed by atoms with Crippen LogP contribution in [0.25, 0.3) is 0 Å². The Bertz CT molecular complexity index is 1120. The SMILES string of the molecule is Cc1ccc2c(n1)C(C)(C)CN2C(=O)N1CCC(N(C)Cc2c(C)ccc(C(N)=O)c2C)CC1. The number of hydrogen-bond donors (Lipinski definition) is 1. The van der Waals surface area contributed by atoms with E-state index in [0.717, 1.165) is 60.7 Å². The number of fused-ring (bicyclic) bond motifs is 1. The van der Waals surface area contributed by atoms with E-state index in [4.69, 9.17) is 10.7 Å². The quantitative estimate of drug-likeness (QED) is 0.745. The molecule has 3 amide bonds. The number of nitrogens with zero attached hydrogens (tertiary/aromatic N) is 4. The number of pyridine rings is 1. The lowest BCUT2D eigenvalue weighted by Crippen LogP contribution is -2.50. The van der Waals surface area contributed by atoms with Gasteiger partial charge in [-0.2, -0.15) is 0 Å². The Hall–Kier alpha value is -2.93. The number of nitrogens with two attached hydrogens (primary N) is 1. The predicted molar refractivity (Wildman–Crippen MR) is 135 cm³/mol. The van der Waals surface area contributed by atoms with Gasteiger partial charge in [0.25, 0.3) is 0 Å². The third-order valence-electron chi connectivity index (χ3n) is 7.59. The summed E-state index contributed by atoms with van der Waals surface area (Å²) in [6.45, 7) is 13.3. The van der Waals surface area contributed by atoms with Gasteiger partial charge < -0.3 is 10.6 Å². The number of carbonyl (C=O) groups excluding carboxylic acids is 2. The van der Waals surface area contributed by atoms with Gasteiger partial charge in [0.1, 0.15) is 0 Å². The Labute approximate surface area is 202 Å². The van der Waals surface area contributed by atoms with Gasteiger partial charge in [0.05, 0.1) is 11.4 Å². The maximum atomic E-state index is 13.5. The van der Waals surface area contributed by atoms with Crippen molar-refractivity contribution in [1.29, 1.82) is 0 Å². The number of anilines is 1. The van der Waals surface area contributed by atoms with Crippen LogP contribution < -0.4 is 10.6 Å². The Kier molecular flexibility index (Phi) is 6.42. The van der Waals surface area contributed by atoms with E-state index in [0.29, 0.717) is 18.2 Å². The molecule has 2 aliphatic heterocycles. The molecule has 3 heterocycles. The number of carbonyl (C=O) groups is 2. The van der Waals surface area contributed by atoms with E-state index in [1.54, 1.807) is 0 Å². The molecule has 1 aromatic carbocycles. The zero-order chi connectivity index (χ0) is 24.8. The summed E-state index contributed by atoms with van der Waals surface area (Å²) in [5, 5.41) is 0. The summed E-state index contributed by atoms with van der Waals surface area (Å²) in [5.74, 6) is -0.384. The van der Waals surface area contributed by atoms with Crippen LogP contribution in [0.3, 0.4) is 0 Å². The van der Waals surface area contributed by atoms with Crippen molar-refractivity contribution in [3.8, 4) is 0 Å². The van der Waals surface area contributed by atoms with Crippen LogP contribution in [0.4, 0.5) is 10.5 Å². The molecule has 1 fully saturated rings. The van der Waals surface area contributed by atoms with E-state index in [2.05, 4.69) is 32.7 Å². The molecule has 182 valence electrons. The average molecular weight is 464 g/mol. The highest BCUT2D eigenvalue weighted by atomic mass is 16.2. The monoisotopic (exact) mass is 463 g/mol. The van der Waals surface area contributed by atoms with Crippen LogP contribution in [0, 0.1) is 20.8 Å². The van der Waals surface area contributed by atoms with Gasteiger partial charge in [0.2, 0.25) is 5.91 Å². The lowest BCUT2D eigenvalue weighted by molar-refractivity contribution is 0.0999. The first-order valence-corrected chi connectivity index (χ1v) is 12.1. The van der Waals surface area contributed by atoms with E-state index in [9.17, 15) is 9.59 Å². The molecule has 7 nitrogen and oxygen atoms in total. The van der Waals surface area contributed by atoms with Gasteiger partial charge in [0.15, 0.2) is 0 Å². The van der Waals surface area contributed by atoms with Gasteiger partial charge >= 0.3 is 6.03 Å². The number of primary amides is 1. The van der Waals surface area contributed by atoms with Gasteiger partial charge in [-0.15, -0.1) is 0 Å². The van der Waals surface area contributed by atoms with Crippen LogP contribution in [0.2, 0.25) is 0 Å². The first-order valence-electron chi connectivity index (χ1n) is 12.1. The van der Waals surface area contributed by atoms with E-state index < -0.39 is 0 Å². The van der Waals surface area contributed by atoms with Crippen LogP contribution >= 0.6 is 0 Å². The molecular weight excluding hydrogens is 426 g/mol. The Morgan fingerprint density at radius 3 is 2.44 bits per heavy atom. The van der Waals surface area contributed by atoms with Crippen molar-refractivity contribution in [2.75, 3.05) is 31.6 Å². The van der Waals surface area contributed by atoms with Crippen LogP contribution in [0.5, 0.6) is 0 Å². The second kappa shape index (κ2) is 9.02. The summed E-state index contributed by atoms with van der Waals surface area (Å²) in [4.78, 5) is 36.2. The van der Waals surface area contributed by atoms with Crippen LogP contribution in [0.1, 0.15) is 65.1 Å². The van der Waals surface area contributed by atoms with Crippen LogP contribution in [-0.2, 0) is 12.0 Å². The summed E-state index contributed by atoms with van der Waals surface area (Å²) < 4.78 is 0. The topological polar surface area (TPSA) is 82.8 Å². The molecular formula is C27H37N5O2. The molecule has 0 saturated carbocycles. The number of rotatable bonds is 4. The molecule has 1 saturated heterocycles. The van der Waals surface area contributed by atoms with Crippen LogP contribution in [0.15, 0.2) is 24.3 Å². The fourth-order valence-corrected chi connectivity index (χ4v) is 5.44. The Morgan fingerprint density at radius 1 is 1.12 bits per heavy atom. The van der Waals surface area contributed by atoms with Crippen molar-refractivity contribution in [2.24, 2.45) is 5.73 Å². The summed E-state index contributed by atoms with van der Waals surface area (Å²) >= 11 is 0. The molecule has 0 radical (unpaired) electrons. The molecule has 4 rings (SSSR count). The smallest absolute Gasteiger partial charge is 0.324 e. The highest BCUT2D eigenvalue weighted by molar-refractivity contribution is 5.95. The normalized spacial score (nSPS) is 17.9. The molecule has 2 aromatic rings. The minimum atomic E-state index is -0.384. The fraction of sp³-hybridized carbons (Fsp3) is 0.519. The second-order valence-electron chi connectivity index (χ2n) is 10.6. The maximum Gasteiger partial charge on any atom is 0.324 e. The summed E-state index contributed by atoms with van der Waals surface area (Å²) in [5.41, 5.74) is 12.2. The number of hydrogen-bond acceptors (Lipinski definition) is 4. The lowest BCUT2D eigenvalue weighted by Gasteiger charge is -2.38. The average Bonchev–Trinajstić information content (AvgIpc) is 3.06. The van der Waals surface area contributed by atoms with Crippen molar-refractivity contribution in [3.05, 3.63) is 57.9 Å². The molecule has 2 aliphatic rings. The van der Waals surface area contributed by atoms with Crippen molar-refractivity contribution in [1.82, 2.24) is 14.8 Å². The highest BCUT2D eigenvalue weighted by Gasteiger charge is 2.41.